The molecule has 0 spiro atoms. The minimum absolute atomic E-state index is 0.0903. The SMILES string of the molecule is CC(=O)Nc1ccc(NC(=O)CSc2nc3ccccc3c(=O)n2Cc2ccccc2)cc1. The van der Waals surface area contributed by atoms with Gasteiger partial charge in [0.05, 0.1) is 23.2 Å². The zero-order valence-corrected chi connectivity index (χ0v) is 18.8. The van der Waals surface area contributed by atoms with E-state index in [9.17, 15) is 14.4 Å². The number of aromatic nitrogens is 2. The quantitative estimate of drug-likeness (QED) is 0.321. The summed E-state index contributed by atoms with van der Waals surface area (Å²) in [4.78, 5) is 41.5. The van der Waals surface area contributed by atoms with Crippen LogP contribution >= 0.6 is 11.8 Å². The monoisotopic (exact) mass is 458 g/mol. The van der Waals surface area contributed by atoms with Gasteiger partial charge in [-0.15, -0.1) is 0 Å². The van der Waals surface area contributed by atoms with Gasteiger partial charge in [-0.1, -0.05) is 54.2 Å². The van der Waals surface area contributed by atoms with Crippen LogP contribution in [0.25, 0.3) is 10.9 Å². The number of anilines is 2. The van der Waals surface area contributed by atoms with Crippen LogP contribution in [-0.4, -0.2) is 27.1 Å². The van der Waals surface area contributed by atoms with Gasteiger partial charge in [0.2, 0.25) is 11.8 Å². The molecule has 4 aromatic rings. The molecule has 0 aliphatic heterocycles. The van der Waals surface area contributed by atoms with E-state index in [2.05, 4.69) is 15.6 Å². The summed E-state index contributed by atoms with van der Waals surface area (Å²) >= 11 is 1.22. The van der Waals surface area contributed by atoms with Gasteiger partial charge in [0.25, 0.3) is 5.56 Å². The number of para-hydroxylation sites is 1. The zero-order valence-electron chi connectivity index (χ0n) is 17.9. The molecule has 3 aromatic carbocycles. The number of nitrogens with zero attached hydrogens (tertiary/aromatic N) is 2. The Labute approximate surface area is 194 Å². The van der Waals surface area contributed by atoms with Crippen LogP contribution in [0.1, 0.15) is 12.5 Å². The van der Waals surface area contributed by atoms with Crippen molar-refractivity contribution in [3.8, 4) is 0 Å². The molecule has 1 heterocycles. The van der Waals surface area contributed by atoms with E-state index in [1.54, 1.807) is 41.0 Å². The van der Waals surface area contributed by atoms with Crippen molar-refractivity contribution in [2.45, 2.75) is 18.6 Å². The Morgan fingerprint density at radius 3 is 2.21 bits per heavy atom. The second-order valence-corrected chi connectivity index (χ2v) is 8.33. The van der Waals surface area contributed by atoms with Crippen LogP contribution in [0.3, 0.4) is 0 Å². The Bertz CT molecular complexity index is 1350. The van der Waals surface area contributed by atoms with Crippen molar-refractivity contribution in [3.05, 3.63) is 94.8 Å². The summed E-state index contributed by atoms with van der Waals surface area (Å²) in [6.45, 7) is 1.80. The average Bonchev–Trinajstić information content (AvgIpc) is 2.81. The van der Waals surface area contributed by atoms with Gasteiger partial charge >= 0.3 is 0 Å². The van der Waals surface area contributed by atoms with Crippen molar-refractivity contribution in [3.63, 3.8) is 0 Å². The third kappa shape index (κ3) is 5.67. The lowest BCUT2D eigenvalue weighted by Gasteiger charge is -2.13. The third-order valence-electron chi connectivity index (χ3n) is 4.83. The summed E-state index contributed by atoms with van der Waals surface area (Å²) in [7, 11) is 0. The zero-order chi connectivity index (χ0) is 23.2. The van der Waals surface area contributed by atoms with Crippen LogP contribution in [0.4, 0.5) is 11.4 Å². The maximum absolute atomic E-state index is 13.2. The van der Waals surface area contributed by atoms with Crippen molar-refractivity contribution in [1.29, 1.82) is 0 Å². The molecule has 8 heteroatoms. The van der Waals surface area contributed by atoms with Gasteiger partial charge in [-0.3, -0.25) is 19.0 Å². The fraction of sp³-hybridized carbons (Fsp3) is 0.120. The summed E-state index contributed by atoms with van der Waals surface area (Å²) < 4.78 is 1.61. The summed E-state index contributed by atoms with van der Waals surface area (Å²) in [5.41, 5.74) is 2.70. The molecule has 0 saturated heterocycles. The van der Waals surface area contributed by atoms with Crippen molar-refractivity contribution in [2.75, 3.05) is 16.4 Å². The number of hydrogen-bond donors (Lipinski definition) is 2. The Kier molecular flexibility index (Phi) is 6.85. The first-order valence-electron chi connectivity index (χ1n) is 10.3. The minimum Gasteiger partial charge on any atom is -0.326 e. The Morgan fingerprint density at radius 2 is 1.52 bits per heavy atom. The molecule has 0 radical (unpaired) electrons. The number of thioether (sulfide) groups is 1. The first-order chi connectivity index (χ1) is 16.0. The number of carbonyl (C=O) groups is 2. The molecule has 4 rings (SSSR count). The lowest BCUT2D eigenvalue weighted by molar-refractivity contribution is -0.114. The lowest BCUT2D eigenvalue weighted by atomic mass is 10.2. The highest BCUT2D eigenvalue weighted by atomic mass is 32.2. The molecule has 0 unspecified atom stereocenters. The molecule has 2 N–H and O–H groups in total. The van der Waals surface area contributed by atoms with Crippen LogP contribution in [-0.2, 0) is 16.1 Å². The molecule has 166 valence electrons. The van der Waals surface area contributed by atoms with E-state index in [1.807, 2.05) is 42.5 Å². The van der Waals surface area contributed by atoms with E-state index < -0.39 is 0 Å². The van der Waals surface area contributed by atoms with E-state index in [-0.39, 0.29) is 23.1 Å². The summed E-state index contributed by atoms with van der Waals surface area (Å²) in [6.07, 6.45) is 0. The highest BCUT2D eigenvalue weighted by Crippen LogP contribution is 2.20. The molecular weight excluding hydrogens is 436 g/mol. The summed E-state index contributed by atoms with van der Waals surface area (Å²) in [5, 5.41) is 6.54. The van der Waals surface area contributed by atoms with Crippen molar-refractivity contribution in [1.82, 2.24) is 9.55 Å². The second kappa shape index (κ2) is 10.1. The fourth-order valence-corrected chi connectivity index (χ4v) is 4.13. The van der Waals surface area contributed by atoms with E-state index >= 15 is 0 Å². The van der Waals surface area contributed by atoms with Gasteiger partial charge in [0.15, 0.2) is 5.16 Å². The van der Waals surface area contributed by atoms with Crippen molar-refractivity contribution in [2.24, 2.45) is 0 Å². The fourth-order valence-electron chi connectivity index (χ4n) is 3.33. The van der Waals surface area contributed by atoms with Gasteiger partial charge in [-0.2, -0.15) is 0 Å². The molecule has 0 saturated carbocycles. The molecule has 7 nitrogen and oxygen atoms in total. The molecule has 0 bridgehead atoms. The average molecular weight is 459 g/mol. The van der Waals surface area contributed by atoms with Crippen LogP contribution in [0.5, 0.6) is 0 Å². The second-order valence-electron chi connectivity index (χ2n) is 7.38. The van der Waals surface area contributed by atoms with E-state index in [0.29, 0.717) is 34.0 Å². The smallest absolute Gasteiger partial charge is 0.262 e. The third-order valence-corrected chi connectivity index (χ3v) is 5.81. The maximum atomic E-state index is 13.2. The molecule has 0 fully saturated rings. The molecule has 2 amide bonds. The highest BCUT2D eigenvalue weighted by Gasteiger charge is 2.14. The minimum atomic E-state index is -0.221. The Hall–Kier alpha value is -3.91. The van der Waals surface area contributed by atoms with Crippen LogP contribution in [0.2, 0.25) is 0 Å². The van der Waals surface area contributed by atoms with Crippen LogP contribution in [0, 0.1) is 0 Å². The van der Waals surface area contributed by atoms with E-state index in [4.69, 9.17) is 0 Å². The summed E-state index contributed by atoms with van der Waals surface area (Å²) in [6, 6.07) is 23.7. The standard InChI is InChI=1S/C25H22N4O3S/c1-17(30)26-19-11-13-20(14-12-19)27-23(31)16-33-25-28-22-10-6-5-9-21(22)24(32)29(25)15-18-7-3-2-4-8-18/h2-14H,15-16H2,1H3,(H,26,30)(H,27,31). The number of carbonyl (C=O) groups excluding carboxylic acids is 2. The molecule has 33 heavy (non-hydrogen) atoms. The Morgan fingerprint density at radius 1 is 0.879 bits per heavy atom. The highest BCUT2D eigenvalue weighted by molar-refractivity contribution is 7.99. The van der Waals surface area contributed by atoms with Crippen LogP contribution < -0.4 is 16.2 Å². The van der Waals surface area contributed by atoms with Gasteiger partial charge < -0.3 is 10.6 Å². The molecule has 0 aliphatic rings. The first-order valence-corrected chi connectivity index (χ1v) is 11.3. The number of fused-ring (bicyclic) bond motifs is 1. The van der Waals surface area contributed by atoms with Gasteiger partial charge in [-0.25, -0.2) is 4.98 Å². The van der Waals surface area contributed by atoms with Gasteiger partial charge in [0, 0.05) is 18.3 Å². The maximum Gasteiger partial charge on any atom is 0.262 e. The molecular formula is C25H22N4O3S. The lowest BCUT2D eigenvalue weighted by Crippen LogP contribution is -2.24. The van der Waals surface area contributed by atoms with Gasteiger partial charge in [-0.05, 0) is 42.0 Å². The van der Waals surface area contributed by atoms with E-state index in [0.717, 1.165) is 5.56 Å². The molecule has 0 aliphatic carbocycles. The predicted octanol–water partition coefficient (Wildman–Crippen LogP) is 4.13. The number of amides is 2. The number of hydrogen-bond acceptors (Lipinski definition) is 5. The largest absolute Gasteiger partial charge is 0.326 e. The number of rotatable bonds is 7. The summed E-state index contributed by atoms with van der Waals surface area (Å²) in [5.74, 6) is -0.291. The van der Waals surface area contributed by atoms with Crippen molar-refractivity contribution < 1.29 is 9.59 Å². The van der Waals surface area contributed by atoms with E-state index in [1.165, 1.54) is 18.7 Å². The topological polar surface area (TPSA) is 93.1 Å². The molecule has 0 atom stereocenters. The Balaban J connectivity index is 1.52. The first kappa shape index (κ1) is 22.3. The predicted molar refractivity (Wildman–Crippen MR) is 132 cm³/mol. The normalized spacial score (nSPS) is 10.7. The van der Waals surface area contributed by atoms with Crippen molar-refractivity contribution >= 4 is 45.9 Å². The number of nitrogens with one attached hydrogen (secondary N) is 2. The molecule has 1 aromatic heterocycles. The number of benzene rings is 3. The van der Waals surface area contributed by atoms with Crippen LogP contribution in [0.15, 0.2) is 88.8 Å². The van der Waals surface area contributed by atoms with Gasteiger partial charge in [0.1, 0.15) is 0 Å².